The van der Waals surface area contributed by atoms with Crippen LogP contribution in [-0.4, -0.2) is 17.5 Å². The first-order chi connectivity index (χ1) is 10.7. The van der Waals surface area contributed by atoms with Gasteiger partial charge in [-0.2, -0.15) is 0 Å². The predicted molar refractivity (Wildman–Crippen MR) is 88.0 cm³/mol. The minimum atomic E-state index is -1.23. The van der Waals surface area contributed by atoms with Crippen molar-refractivity contribution in [2.45, 2.75) is 47.0 Å². The van der Waals surface area contributed by atoms with Crippen molar-refractivity contribution >= 4 is 23.2 Å². The summed E-state index contributed by atoms with van der Waals surface area (Å²) >= 11 is 0. The second-order valence-electron chi connectivity index (χ2n) is 7.53. The fraction of sp³-hybridized carbons (Fsp3) is 0.526. The summed E-state index contributed by atoms with van der Waals surface area (Å²) in [5, 5.41) is 2.87. The number of carbonyl (C=O) groups is 3. The molecule has 0 aromatic heterocycles. The minimum Gasteiger partial charge on any atom is -0.325 e. The molecule has 1 aromatic carbocycles. The van der Waals surface area contributed by atoms with Crippen LogP contribution in [0.5, 0.6) is 0 Å². The second-order valence-corrected chi connectivity index (χ2v) is 7.53. The average Bonchev–Trinajstić information content (AvgIpc) is 2.80. The van der Waals surface area contributed by atoms with Crippen LogP contribution in [0.1, 0.15) is 46.1 Å². The molecule has 0 saturated heterocycles. The Balaban J connectivity index is 1.95. The van der Waals surface area contributed by atoms with Crippen LogP contribution in [0.25, 0.3) is 0 Å². The lowest BCUT2D eigenvalue weighted by Gasteiger charge is -2.37. The van der Waals surface area contributed by atoms with Gasteiger partial charge in [0.05, 0.1) is 0 Å². The van der Waals surface area contributed by atoms with Gasteiger partial charge in [0.1, 0.15) is 5.41 Å². The summed E-state index contributed by atoms with van der Waals surface area (Å²) in [6, 6.07) is 7.60. The molecule has 1 aromatic rings. The van der Waals surface area contributed by atoms with Crippen LogP contribution in [0.4, 0.5) is 5.69 Å². The van der Waals surface area contributed by atoms with E-state index in [2.05, 4.69) is 12.2 Å². The third-order valence-electron chi connectivity index (χ3n) is 6.55. The second kappa shape index (κ2) is 4.76. The van der Waals surface area contributed by atoms with Gasteiger partial charge in [-0.15, -0.1) is 0 Å². The first-order valence-electron chi connectivity index (χ1n) is 8.20. The minimum absolute atomic E-state index is 0.341. The number of Topliss-reactive ketones (excluding diaryl/α,β-unsaturated/α-hetero) is 2. The number of hydrogen-bond donors (Lipinski definition) is 1. The maximum Gasteiger partial charge on any atom is 0.239 e. The summed E-state index contributed by atoms with van der Waals surface area (Å²) in [6.07, 6.45) is 1.96. The van der Waals surface area contributed by atoms with Crippen molar-refractivity contribution in [1.82, 2.24) is 0 Å². The molecule has 2 fully saturated rings. The Morgan fingerprint density at radius 3 is 2.13 bits per heavy atom. The molecule has 4 nitrogen and oxygen atoms in total. The number of carbonyl (C=O) groups excluding carboxylic acids is 3. The van der Waals surface area contributed by atoms with Gasteiger partial charge >= 0.3 is 0 Å². The molecule has 0 unspecified atom stereocenters. The molecular formula is C19H23NO3. The summed E-state index contributed by atoms with van der Waals surface area (Å²) in [5.74, 6) is -1.24. The predicted octanol–water partition coefficient (Wildman–Crippen LogP) is 3.15. The van der Waals surface area contributed by atoms with Gasteiger partial charge in [0.2, 0.25) is 17.5 Å². The van der Waals surface area contributed by atoms with Gasteiger partial charge in [0.15, 0.2) is 0 Å². The number of hydrogen-bond acceptors (Lipinski definition) is 3. The first kappa shape index (κ1) is 15.9. The molecule has 0 spiro atoms. The lowest BCUT2D eigenvalue weighted by molar-refractivity contribution is -0.147. The summed E-state index contributed by atoms with van der Waals surface area (Å²) in [6.45, 7) is 7.65. The van der Waals surface area contributed by atoms with Crippen molar-refractivity contribution in [3.63, 3.8) is 0 Å². The van der Waals surface area contributed by atoms with Gasteiger partial charge < -0.3 is 5.32 Å². The molecule has 4 heteroatoms. The van der Waals surface area contributed by atoms with E-state index in [0.717, 1.165) is 6.42 Å². The topological polar surface area (TPSA) is 63.2 Å². The van der Waals surface area contributed by atoms with E-state index in [-0.39, 0.29) is 11.7 Å². The highest BCUT2D eigenvalue weighted by Crippen LogP contribution is 2.69. The Hall–Kier alpha value is -1.97. The van der Waals surface area contributed by atoms with Gasteiger partial charge in [0.25, 0.3) is 0 Å². The maximum absolute atomic E-state index is 13.0. The number of amides is 1. The molecule has 1 N–H and O–H groups in total. The van der Waals surface area contributed by atoms with Crippen molar-refractivity contribution in [3.8, 4) is 0 Å². The third-order valence-corrected chi connectivity index (χ3v) is 6.55. The molecule has 0 radical (unpaired) electrons. The highest BCUT2D eigenvalue weighted by Gasteiger charge is 2.77. The lowest BCUT2D eigenvalue weighted by atomic mass is 9.64. The molecule has 23 heavy (non-hydrogen) atoms. The van der Waals surface area contributed by atoms with E-state index in [9.17, 15) is 14.4 Å². The standard InChI is InChI=1S/C19H23NO3/c1-5-12-6-8-13(9-7-12)20-16(23)19-11-10-18(4,17(19,2)3)14(21)15(19)22/h6-9H,5,10-11H2,1-4H3,(H,20,23)/t18-,19-/m1/s1. The molecule has 2 aliphatic carbocycles. The van der Waals surface area contributed by atoms with E-state index in [1.165, 1.54) is 5.56 Å². The summed E-state index contributed by atoms with van der Waals surface area (Å²) in [7, 11) is 0. The number of ketones is 2. The largest absolute Gasteiger partial charge is 0.325 e. The monoisotopic (exact) mass is 313 g/mol. The Morgan fingerprint density at radius 2 is 1.65 bits per heavy atom. The fourth-order valence-electron chi connectivity index (χ4n) is 4.33. The smallest absolute Gasteiger partial charge is 0.239 e. The van der Waals surface area contributed by atoms with Gasteiger partial charge in [-0.05, 0) is 42.4 Å². The van der Waals surface area contributed by atoms with E-state index in [1.807, 2.05) is 45.0 Å². The number of rotatable bonds is 3. The highest BCUT2D eigenvalue weighted by molar-refractivity contribution is 6.49. The molecule has 2 bridgehead atoms. The van der Waals surface area contributed by atoms with Crippen LogP contribution in [-0.2, 0) is 20.8 Å². The SMILES string of the molecule is CCc1ccc(NC(=O)[C@@]23CC[C@](C)(C(=O)C2=O)C3(C)C)cc1. The number of fused-ring (bicyclic) bond motifs is 2. The van der Waals surface area contributed by atoms with Crippen LogP contribution in [0.3, 0.4) is 0 Å². The number of nitrogens with one attached hydrogen (secondary N) is 1. The molecular weight excluding hydrogens is 290 g/mol. The summed E-state index contributed by atoms with van der Waals surface area (Å²) in [4.78, 5) is 38.0. The first-order valence-corrected chi connectivity index (χ1v) is 8.20. The lowest BCUT2D eigenvalue weighted by Crippen LogP contribution is -2.47. The van der Waals surface area contributed by atoms with Crippen LogP contribution in [0.15, 0.2) is 24.3 Å². The molecule has 2 atom stereocenters. The van der Waals surface area contributed by atoms with E-state index in [0.29, 0.717) is 18.5 Å². The van der Waals surface area contributed by atoms with Crippen molar-refractivity contribution < 1.29 is 14.4 Å². The zero-order valence-corrected chi connectivity index (χ0v) is 14.2. The third kappa shape index (κ3) is 1.75. The Labute approximate surface area is 136 Å². The Morgan fingerprint density at radius 1 is 1.04 bits per heavy atom. The van der Waals surface area contributed by atoms with E-state index >= 15 is 0 Å². The maximum atomic E-state index is 13.0. The molecule has 3 rings (SSSR count). The van der Waals surface area contributed by atoms with Crippen molar-refractivity contribution in [2.24, 2.45) is 16.2 Å². The van der Waals surface area contributed by atoms with Gasteiger partial charge in [-0.3, -0.25) is 14.4 Å². The fourth-order valence-corrected chi connectivity index (χ4v) is 4.33. The van der Waals surface area contributed by atoms with Gasteiger partial charge in [-0.25, -0.2) is 0 Å². The normalized spacial score (nSPS) is 31.5. The average molecular weight is 313 g/mol. The molecule has 2 aliphatic rings. The molecule has 1 amide bonds. The van der Waals surface area contributed by atoms with E-state index in [4.69, 9.17) is 0 Å². The number of anilines is 1. The Kier molecular flexibility index (Phi) is 3.29. The Bertz CT molecular complexity index is 704. The van der Waals surface area contributed by atoms with Crippen LogP contribution in [0.2, 0.25) is 0 Å². The summed E-state index contributed by atoms with van der Waals surface area (Å²) < 4.78 is 0. The van der Waals surface area contributed by atoms with Crippen LogP contribution < -0.4 is 5.32 Å². The quantitative estimate of drug-likeness (QED) is 0.688. The van der Waals surface area contributed by atoms with Crippen molar-refractivity contribution in [3.05, 3.63) is 29.8 Å². The highest BCUT2D eigenvalue weighted by atomic mass is 16.2. The van der Waals surface area contributed by atoms with E-state index in [1.54, 1.807) is 0 Å². The van der Waals surface area contributed by atoms with Crippen LogP contribution in [0, 0.1) is 16.2 Å². The molecule has 122 valence electrons. The van der Waals surface area contributed by atoms with E-state index < -0.39 is 22.0 Å². The molecule has 2 saturated carbocycles. The van der Waals surface area contributed by atoms with Gasteiger partial charge in [0, 0.05) is 11.1 Å². The van der Waals surface area contributed by atoms with Crippen molar-refractivity contribution in [1.29, 1.82) is 0 Å². The van der Waals surface area contributed by atoms with Gasteiger partial charge in [-0.1, -0.05) is 39.8 Å². The number of aryl methyl sites for hydroxylation is 1. The molecule has 0 aliphatic heterocycles. The van der Waals surface area contributed by atoms with Crippen LogP contribution >= 0.6 is 0 Å². The summed E-state index contributed by atoms with van der Waals surface area (Å²) in [5.41, 5.74) is -0.780. The molecule has 0 heterocycles. The van der Waals surface area contributed by atoms with Crippen molar-refractivity contribution in [2.75, 3.05) is 5.32 Å². The zero-order chi connectivity index (χ0) is 17.0. The zero-order valence-electron chi connectivity index (χ0n) is 14.2. The number of benzene rings is 1.